The molecule has 0 aliphatic heterocycles. The minimum Gasteiger partial charge on any atom is -0.493 e. The smallest absolute Gasteiger partial charge is 0.321 e. The SMILES string of the molecule is COc1ccc(/C=C\c2cc(OC)c(OC)c(OC)c2)cc1OC(=O)CC(N)C(=O)O. The molecule has 3 N–H and O–H groups in total. The van der Waals surface area contributed by atoms with Crippen LogP contribution in [0.1, 0.15) is 17.5 Å². The molecule has 0 aliphatic carbocycles. The Morgan fingerprint density at radius 1 is 0.871 bits per heavy atom. The highest BCUT2D eigenvalue weighted by Crippen LogP contribution is 2.38. The number of benzene rings is 2. The Balaban J connectivity index is 2.28. The van der Waals surface area contributed by atoms with Crippen molar-refractivity contribution in [3.63, 3.8) is 0 Å². The summed E-state index contributed by atoms with van der Waals surface area (Å²) in [5.74, 6) is -0.0779. The Bertz CT molecular complexity index is 945. The Labute approximate surface area is 179 Å². The zero-order valence-electron chi connectivity index (χ0n) is 17.7. The normalized spacial score (nSPS) is 11.6. The van der Waals surface area contributed by atoms with Crippen molar-refractivity contribution in [1.29, 1.82) is 0 Å². The van der Waals surface area contributed by atoms with Crippen LogP contribution in [-0.2, 0) is 9.59 Å². The number of ether oxygens (including phenoxy) is 5. The van der Waals surface area contributed by atoms with Crippen molar-refractivity contribution in [1.82, 2.24) is 0 Å². The van der Waals surface area contributed by atoms with Crippen molar-refractivity contribution in [2.45, 2.75) is 12.5 Å². The summed E-state index contributed by atoms with van der Waals surface area (Å²) >= 11 is 0. The molecule has 0 saturated heterocycles. The van der Waals surface area contributed by atoms with Crippen LogP contribution < -0.4 is 29.4 Å². The number of hydrogen-bond donors (Lipinski definition) is 2. The number of aliphatic carboxylic acids is 1. The zero-order chi connectivity index (χ0) is 23.0. The van der Waals surface area contributed by atoms with E-state index in [1.165, 1.54) is 28.4 Å². The first-order valence-corrected chi connectivity index (χ1v) is 9.18. The van der Waals surface area contributed by atoms with Gasteiger partial charge in [0.15, 0.2) is 23.0 Å². The molecule has 2 rings (SSSR count). The van der Waals surface area contributed by atoms with Crippen LogP contribution in [0, 0.1) is 0 Å². The van der Waals surface area contributed by atoms with E-state index < -0.39 is 24.4 Å². The van der Waals surface area contributed by atoms with E-state index in [-0.39, 0.29) is 5.75 Å². The van der Waals surface area contributed by atoms with E-state index in [1.807, 2.05) is 6.08 Å². The molecule has 1 unspecified atom stereocenters. The molecule has 0 radical (unpaired) electrons. The predicted octanol–water partition coefficient (Wildman–Crippen LogP) is 2.60. The molecule has 0 spiro atoms. The Hall–Kier alpha value is -3.72. The highest BCUT2D eigenvalue weighted by Gasteiger charge is 2.19. The second-order valence-electron chi connectivity index (χ2n) is 6.33. The minimum atomic E-state index is -1.35. The third-order valence-corrected chi connectivity index (χ3v) is 4.27. The van der Waals surface area contributed by atoms with Crippen molar-refractivity contribution in [2.75, 3.05) is 28.4 Å². The fourth-order valence-electron chi connectivity index (χ4n) is 2.70. The van der Waals surface area contributed by atoms with Gasteiger partial charge in [-0.1, -0.05) is 18.2 Å². The van der Waals surface area contributed by atoms with Crippen LogP contribution in [0.4, 0.5) is 0 Å². The number of hydrogen-bond acceptors (Lipinski definition) is 8. The Morgan fingerprint density at radius 3 is 1.94 bits per heavy atom. The third kappa shape index (κ3) is 6.13. The summed E-state index contributed by atoms with van der Waals surface area (Å²) in [6.45, 7) is 0. The maximum absolute atomic E-state index is 12.0. The summed E-state index contributed by atoms with van der Waals surface area (Å²) in [6, 6.07) is 7.23. The molecule has 1 atom stereocenters. The standard InChI is InChI=1S/C22H25NO8/c1-27-16-8-7-13(9-17(16)31-20(24)12-15(23)22(25)26)5-6-14-10-18(28-2)21(30-4)19(11-14)29-3/h5-11,15H,12,23H2,1-4H3,(H,25,26)/b6-5-. The highest BCUT2D eigenvalue weighted by molar-refractivity contribution is 5.83. The number of esters is 1. The van der Waals surface area contributed by atoms with Gasteiger partial charge in [-0.3, -0.25) is 9.59 Å². The molecule has 0 fully saturated rings. The molecule has 0 heterocycles. The van der Waals surface area contributed by atoms with Gasteiger partial charge in [0, 0.05) is 0 Å². The number of nitrogens with two attached hydrogens (primary N) is 1. The first kappa shape index (κ1) is 23.6. The van der Waals surface area contributed by atoms with Crippen LogP contribution in [0.5, 0.6) is 28.7 Å². The van der Waals surface area contributed by atoms with Crippen molar-refractivity contribution < 1.29 is 38.4 Å². The fourth-order valence-corrected chi connectivity index (χ4v) is 2.70. The van der Waals surface area contributed by atoms with Crippen LogP contribution in [-0.4, -0.2) is 51.5 Å². The topological polar surface area (TPSA) is 127 Å². The first-order chi connectivity index (χ1) is 14.8. The van der Waals surface area contributed by atoms with Gasteiger partial charge in [-0.25, -0.2) is 0 Å². The summed E-state index contributed by atoms with van der Waals surface area (Å²) < 4.78 is 26.5. The number of carbonyl (C=O) groups excluding carboxylic acids is 1. The van der Waals surface area contributed by atoms with Gasteiger partial charge in [-0.05, 0) is 35.4 Å². The van der Waals surface area contributed by atoms with E-state index in [0.29, 0.717) is 28.6 Å². The molecule has 0 bridgehead atoms. The molecule has 0 amide bonds. The molecular weight excluding hydrogens is 406 g/mol. The zero-order valence-corrected chi connectivity index (χ0v) is 17.7. The first-order valence-electron chi connectivity index (χ1n) is 9.18. The van der Waals surface area contributed by atoms with Crippen molar-refractivity contribution in [2.24, 2.45) is 5.73 Å². The second kappa shape index (κ2) is 10.9. The minimum absolute atomic E-state index is 0.150. The average molecular weight is 431 g/mol. The van der Waals surface area contributed by atoms with Gasteiger partial charge >= 0.3 is 11.9 Å². The van der Waals surface area contributed by atoms with E-state index in [1.54, 1.807) is 36.4 Å². The molecule has 2 aromatic rings. The monoisotopic (exact) mass is 431 g/mol. The summed E-state index contributed by atoms with van der Waals surface area (Å²) in [5, 5.41) is 8.84. The number of methoxy groups -OCH3 is 4. The molecule has 166 valence electrons. The molecule has 31 heavy (non-hydrogen) atoms. The van der Waals surface area contributed by atoms with Gasteiger partial charge in [-0.2, -0.15) is 0 Å². The van der Waals surface area contributed by atoms with Crippen molar-refractivity contribution in [3.8, 4) is 28.7 Å². The Morgan fingerprint density at radius 2 is 1.42 bits per heavy atom. The number of carbonyl (C=O) groups is 2. The van der Waals surface area contributed by atoms with Gasteiger partial charge in [0.05, 0.1) is 34.9 Å². The molecule has 9 nitrogen and oxygen atoms in total. The molecule has 0 saturated carbocycles. The highest BCUT2D eigenvalue weighted by atomic mass is 16.6. The summed E-state index contributed by atoms with van der Waals surface area (Å²) in [5.41, 5.74) is 6.88. The quantitative estimate of drug-likeness (QED) is 0.331. The number of carboxylic acids is 1. The lowest BCUT2D eigenvalue weighted by Crippen LogP contribution is -2.33. The Kier molecular flexibility index (Phi) is 8.27. The largest absolute Gasteiger partial charge is 0.493 e. The summed E-state index contributed by atoms with van der Waals surface area (Å²) in [7, 11) is 6.02. The predicted molar refractivity (Wildman–Crippen MR) is 114 cm³/mol. The van der Waals surface area contributed by atoms with Gasteiger partial charge in [0.1, 0.15) is 6.04 Å². The molecule has 0 aromatic heterocycles. The number of carboxylic acid groups (broad SMARTS) is 1. The lowest BCUT2D eigenvalue weighted by molar-refractivity contribution is -0.143. The van der Waals surface area contributed by atoms with E-state index >= 15 is 0 Å². The maximum Gasteiger partial charge on any atom is 0.321 e. The fraction of sp³-hybridized carbons (Fsp3) is 0.273. The van der Waals surface area contributed by atoms with Crippen LogP contribution in [0.2, 0.25) is 0 Å². The molecular formula is C22H25NO8. The molecule has 0 aliphatic rings. The van der Waals surface area contributed by atoms with Crippen molar-refractivity contribution in [3.05, 3.63) is 41.5 Å². The van der Waals surface area contributed by atoms with Gasteiger partial charge in [0.25, 0.3) is 0 Å². The van der Waals surface area contributed by atoms with Crippen LogP contribution in [0.25, 0.3) is 12.2 Å². The van der Waals surface area contributed by atoms with E-state index in [2.05, 4.69) is 0 Å². The van der Waals surface area contributed by atoms with Crippen molar-refractivity contribution >= 4 is 24.1 Å². The van der Waals surface area contributed by atoms with E-state index in [4.69, 9.17) is 34.5 Å². The summed E-state index contributed by atoms with van der Waals surface area (Å²) in [6.07, 6.45) is 3.14. The number of rotatable bonds is 10. The lowest BCUT2D eigenvalue weighted by atomic mass is 10.1. The molecule has 9 heteroatoms. The van der Waals surface area contributed by atoms with Crippen LogP contribution >= 0.6 is 0 Å². The summed E-state index contributed by atoms with van der Waals surface area (Å²) in [4.78, 5) is 22.8. The van der Waals surface area contributed by atoms with E-state index in [0.717, 1.165) is 5.56 Å². The molecule has 2 aromatic carbocycles. The third-order valence-electron chi connectivity index (χ3n) is 4.27. The van der Waals surface area contributed by atoms with Gasteiger partial charge < -0.3 is 34.5 Å². The van der Waals surface area contributed by atoms with E-state index in [9.17, 15) is 9.59 Å². The lowest BCUT2D eigenvalue weighted by Gasteiger charge is -2.13. The van der Waals surface area contributed by atoms with Crippen LogP contribution in [0.3, 0.4) is 0 Å². The second-order valence-corrected chi connectivity index (χ2v) is 6.33. The van der Waals surface area contributed by atoms with Gasteiger partial charge in [-0.15, -0.1) is 0 Å². The maximum atomic E-state index is 12.0. The average Bonchev–Trinajstić information content (AvgIpc) is 2.76. The van der Waals surface area contributed by atoms with Gasteiger partial charge in [0.2, 0.25) is 5.75 Å². The van der Waals surface area contributed by atoms with Crippen LogP contribution in [0.15, 0.2) is 30.3 Å².